The van der Waals surface area contributed by atoms with Gasteiger partial charge in [-0.05, 0) is 36.5 Å². The van der Waals surface area contributed by atoms with Gasteiger partial charge in [-0.1, -0.05) is 39.8 Å². The first-order valence-corrected chi connectivity index (χ1v) is 8.06. The molecule has 0 aromatic heterocycles. The Morgan fingerprint density at radius 2 is 2.05 bits per heavy atom. The molecule has 2 N–H and O–H groups in total. The summed E-state index contributed by atoms with van der Waals surface area (Å²) >= 11 is 0. The van der Waals surface area contributed by atoms with Crippen molar-refractivity contribution in [1.82, 2.24) is 5.32 Å². The third-order valence-electron chi connectivity index (χ3n) is 4.50. The van der Waals surface area contributed by atoms with E-state index in [1.54, 1.807) is 0 Å². The van der Waals surface area contributed by atoms with Gasteiger partial charge in [-0.25, -0.2) is 0 Å². The molecule has 1 rings (SSSR count). The van der Waals surface area contributed by atoms with E-state index in [0.717, 1.165) is 32.4 Å². The van der Waals surface area contributed by atoms with Crippen LogP contribution in [0.25, 0.3) is 0 Å². The molecule has 0 amide bonds. The molecule has 1 aliphatic rings. The van der Waals surface area contributed by atoms with Crippen molar-refractivity contribution in [2.45, 2.75) is 53.1 Å². The smallest absolute Gasteiger partial charge is 0.0897 e. The normalized spacial score (nSPS) is 24.9. The highest BCUT2D eigenvalue weighted by Gasteiger charge is 2.19. The van der Waals surface area contributed by atoms with Crippen molar-refractivity contribution >= 4 is 0 Å². The van der Waals surface area contributed by atoms with E-state index >= 15 is 0 Å². The largest absolute Gasteiger partial charge is 0.389 e. The van der Waals surface area contributed by atoms with Crippen LogP contribution < -0.4 is 5.32 Å². The third-order valence-corrected chi connectivity index (χ3v) is 4.50. The van der Waals surface area contributed by atoms with Crippen molar-refractivity contribution < 1.29 is 9.84 Å². The van der Waals surface area contributed by atoms with Crippen molar-refractivity contribution in [2.75, 3.05) is 26.3 Å². The van der Waals surface area contributed by atoms with Crippen LogP contribution in [-0.2, 0) is 4.74 Å². The molecular weight excluding hydrogens is 250 g/mol. The quantitative estimate of drug-likeness (QED) is 0.639. The molecular formula is C17H33NO2. The molecule has 0 aliphatic heterocycles. The van der Waals surface area contributed by atoms with Gasteiger partial charge in [-0.3, -0.25) is 0 Å². The number of ether oxygens (including phenoxy) is 1. The van der Waals surface area contributed by atoms with Crippen LogP contribution in [0, 0.1) is 17.3 Å². The van der Waals surface area contributed by atoms with Gasteiger partial charge in [0.25, 0.3) is 0 Å². The summed E-state index contributed by atoms with van der Waals surface area (Å²) in [4.78, 5) is 0. The van der Waals surface area contributed by atoms with Crippen molar-refractivity contribution in [3.05, 3.63) is 12.2 Å². The Morgan fingerprint density at radius 1 is 1.35 bits per heavy atom. The Bertz CT molecular complexity index is 289. The third kappa shape index (κ3) is 6.87. The fraction of sp³-hybridized carbons (Fsp3) is 0.882. The maximum atomic E-state index is 9.91. The molecule has 0 spiro atoms. The summed E-state index contributed by atoms with van der Waals surface area (Å²) in [5.74, 6) is 1.31. The summed E-state index contributed by atoms with van der Waals surface area (Å²) in [7, 11) is 0. The fourth-order valence-corrected chi connectivity index (χ4v) is 2.36. The zero-order valence-corrected chi connectivity index (χ0v) is 13.7. The van der Waals surface area contributed by atoms with E-state index in [1.165, 1.54) is 0 Å². The van der Waals surface area contributed by atoms with Gasteiger partial charge in [0.15, 0.2) is 0 Å². The standard InChI is InChI=1S/C17H33NO2/c1-5-17(3,4)13-18-10-16(19)12-20-11-15-9-7-6-8-14(15)2/h6-7,14-16,18-19H,5,8-13H2,1-4H3. The monoisotopic (exact) mass is 283 g/mol. The van der Waals surface area contributed by atoms with Gasteiger partial charge in [0.2, 0.25) is 0 Å². The molecule has 3 unspecified atom stereocenters. The Morgan fingerprint density at radius 3 is 2.70 bits per heavy atom. The molecule has 0 fully saturated rings. The molecule has 0 bridgehead atoms. The van der Waals surface area contributed by atoms with Crippen LogP contribution in [0.3, 0.4) is 0 Å². The predicted octanol–water partition coefficient (Wildman–Crippen LogP) is 2.99. The summed E-state index contributed by atoms with van der Waals surface area (Å²) in [6.45, 7) is 11.7. The minimum atomic E-state index is -0.405. The van der Waals surface area contributed by atoms with Gasteiger partial charge in [0, 0.05) is 13.1 Å². The lowest BCUT2D eigenvalue weighted by Crippen LogP contribution is -2.36. The molecule has 0 saturated carbocycles. The first kappa shape index (κ1) is 17.7. The predicted molar refractivity (Wildman–Crippen MR) is 84.8 cm³/mol. The molecule has 3 heteroatoms. The van der Waals surface area contributed by atoms with E-state index in [2.05, 4.69) is 45.2 Å². The minimum absolute atomic E-state index is 0.296. The molecule has 118 valence electrons. The van der Waals surface area contributed by atoms with Crippen LogP contribution in [0.4, 0.5) is 0 Å². The lowest BCUT2D eigenvalue weighted by Gasteiger charge is -2.26. The van der Waals surface area contributed by atoms with E-state index in [1.807, 2.05) is 0 Å². The Kier molecular flexibility index (Phi) is 7.78. The molecule has 0 aromatic rings. The van der Waals surface area contributed by atoms with Gasteiger partial charge in [-0.15, -0.1) is 0 Å². The first-order chi connectivity index (χ1) is 9.44. The molecule has 0 aromatic carbocycles. The Hall–Kier alpha value is -0.380. The van der Waals surface area contributed by atoms with Gasteiger partial charge < -0.3 is 15.2 Å². The van der Waals surface area contributed by atoms with Crippen molar-refractivity contribution in [1.29, 1.82) is 0 Å². The first-order valence-electron chi connectivity index (χ1n) is 8.06. The Labute approximate surface area is 124 Å². The van der Waals surface area contributed by atoms with Crippen LogP contribution in [0.5, 0.6) is 0 Å². The van der Waals surface area contributed by atoms with E-state index < -0.39 is 6.10 Å². The van der Waals surface area contributed by atoms with Crippen LogP contribution in [0.15, 0.2) is 12.2 Å². The number of aliphatic hydroxyl groups is 1. The molecule has 0 radical (unpaired) electrons. The topological polar surface area (TPSA) is 41.5 Å². The lowest BCUT2D eigenvalue weighted by molar-refractivity contribution is 0.0121. The van der Waals surface area contributed by atoms with Crippen LogP contribution >= 0.6 is 0 Å². The summed E-state index contributed by atoms with van der Waals surface area (Å²) in [5, 5.41) is 13.2. The molecule has 3 atom stereocenters. The number of hydrogen-bond donors (Lipinski definition) is 2. The average molecular weight is 283 g/mol. The van der Waals surface area contributed by atoms with E-state index in [4.69, 9.17) is 4.74 Å². The van der Waals surface area contributed by atoms with E-state index in [9.17, 15) is 5.11 Å². The second kappa shape index (κ2) is 8.81. The molecule has 0 saturated heterocycles. The second-order valence-electron chi connectivity index (χ2n) is 7.02. The lowest BCUT2D eigenvalue weighted by atomic mass is 9.85. The van der Waals surface area contributed by atoms with Crippen molar-refractivity contribution in [2.24, 2.45) is 17.3 Å². The molecule has 0 heterocycles. The summed E-state index contributed by atoms with van der Waals surface area (Å²) in [6, 6.07) is 0. The molecule has 3 nitrogen and oxygen atoms in total. The highest BCUT2D eigenvalue weighted by molar-refractivity contribution is 4.93. The van der Waals surface area contributed by atoms with Gasteiger partial charge in [0.1, 0.15) is 0 Å². The van der Waals surface area contributed by atoms with Crippen molar-refractivity contribution in [3.8, 4) is 0 Å². The number of rotatable bonds is 9. The summed E-state index contributed by atoms with van der Waals surface area (Å²) in [6.07, 6.45) is 7.51. The van der Waals surface area contributed by atoms with Crippen LogP contribution in [0.2, 0.25) is 0 Å². The zero-order valence-electron chi connectivity index (χ0n) is 13.7. The summed E-state index contributed by atoms with van der Waals surface area (Å²) < 4.78 is 5.69. The maximum Gasteiger partial charge on any atom is 0.0897 e. The van der Waals surface area contributed by atoms with E-state index in [-0.39, 0.29) is 0 Å². The Balaban J connectivity index is 2.08. The number of nitrogens with one attached hydrogen (secondary N) is 1. The van der Waals surface area contributed by atoms with Crippen LogP contribution in [0.1, 0.15) is 47.0 Å². The second-order valence-corrected chi connectivity index (χ2v) is 7.02. The minimum Gasteiger partial charge on any atom is -0.389 e. The fourth-order valence-electron chi connectivity index (χ4n) is 2.36. The summed E-state index contributed by atoms with van der Waals surface area (Å²) in [5.41, 5.74) is 0.296. The van der Waals surface area contributed by atoms with Gasteiger partial charge in [0.05, 0.1) is 19.3 Å². The zero-order chi connectivity index (χ0) is 15.0. The molecule has 1 aliphatic carbocycles. The SMILES string of the molecule is CCC(C)(C)CNCC(O)COCC1CC=CCC1C. The van der Waals surface area contributed by atoms with Gasteiger partial charge in [-0.2, -0.15) is 0 Å². The highest BCUT2D eigenvalue weighted by Crippen LogP contribution is 2.25. The average Bonchev–Trinajstić information content (AvgIpc) is 2.41. The van der Waals surface area contributed by atoms with Crippen LogP contribution in [-0.4, -0.2) is 37.5 Å². The highest BCUT2D eigenvalue weighted by atomic mass is 16.5. The maximum absolute atomic E-state index is 9.91. The number of hydrogen-bond acceptors (Lipinski definition) is 3. The molecule has 20 heavy (non-hydrogen) atoms. The van der Waals surface area contributed by atoms with Gasteiger partial charge >= 0.3 is 0 Å². The van der Waals surface area contributed by atoms with E-state index in [0.29, 0.717) is 30.4 Å². The van der Waals surface area contributed by atoms with Crippen molar-refractivity contribution in [3.63, 3.8) is 0 Å². The number of aliphatic hydroxyl groups excluding tert-OH is 1. The number of allylic oxidation sites excluding steroid dienone is 2.